The van der Waals surface area contributed by atoms with Gasteiger partial charge in [-0.3, -0.25) is 0 Å². The second-order valence-electron chi connectivity index (χ2n) is 3.62. The van der Waals surface area contributed by atoms with Crippen molar-refractivity contribution in [2.24, 2.45) is 0 Å². The lowest BCUT2D eigenvalue weighted by molar-refractivity contribution is 0.431. The zero-order valence-corrected chi connectivity index (χ0v) is 9.25. The SMILES string of the molecule is CC1(c2nnc(N)s2)CCSCC1. The molecule has 1 aromatic rings. The van der Waals surface area contributed by atoms with Crippen LogP contribution in [0.25, 0.3) is 0 Å². The fraction of sp³-hybridized carbons (Fsp3) is 0.750. The number of hydrogen-bond donors (Lipinski definition) is 1. The number of hydrogen-bond acceptors (Lipinski definition) is 5. The van der Waals surface area contributed by atoms with Crippen LogP contribution in [0.5, 0.6) is 0 Å². The number of nitrogen functional groups attached to an aromatic ring is 1. The molecule has 0 amide bonds. The first-order valence-electron chi connectivity index (χ1n) is 4.38. The molecule has 0 aromatic carbocycles. The Morgan fingerprint density at radius 1 is 1.31 bits per heavy atom. The van der Waals surface area contributed by atoms with Gasteiger partial charge in [-0.1, -0.05) is 18.3 Å². The highest BCUT2D eigenvalue weighted by Crippen LogP contribution is 2.39. The average Bonchev–Trinajstić information content (AvgIpc) is 2.54. The Morgan fingerprint density at radius 3 is 2.54 bits per heavy atom. The summed E-state index contributed by atoms with van der Waals surface area (Å²) >= 11 is 3.56. The van der Waals surface area contributed by atoms with Crippen molar-refractivity contribution < 1.29 is 0 Å². The second kappa shape index (κ2) is 3.46. The summed E-state index contributed by atoms with van der Waals surface area (Å²) in [5.74, 6) is 2.46. The second-order valence-corrected chi connectivity index (χ2v) is 5.85. The third kappa shape index (κ3) is 1.81. The molecule has 3 nitrogen and oxygen atoms in total. The molecule has 2 heterocycles. The van der Waals surface area contributed by atoms with Crippen molar-refractivity contribution in [3.8, 4) is 0 Å². The Hall–Kier alpha value is -0.290. The maximum Gasteiger partial charge on any atom is 0.203 e. The predicted octanol–water partition coefficient (Wildman–Crippen LogP) is 1.90. The minimum Gasteiger partial charge on any atom is -0.374 e. The molecule has 0 atom stereocenters. The molecule has 0 unspecified atom stereocenters. The van der Waals surface area contributed by atoms with Gasteiger partial charge in [0.15, 0.2) is 0 Å². The lowest BCUT2D eigenvalue weighted by Gasteiger charge is -2.30. The number of anilines is 1. The van der Waals surface area contributed by atoms with Crippen LogP contribution in [0.2, 0.25) is 0 Å². The summed E-state index contributed by atoms with van der Waals surface area (Å²) in [7, 11) is 0. The zero-order valence-electron chi connectivity index (χ0n) is 7.62. The first-order valence-corrected chi connectivity index (χ1v) is 6.35. The van der Waals surface area contributed by atoms with Crippen molar-refractivity contribution in [2.75, 3.05) is 17.2 Å². The molecule has 2 N–H and O–H groups in total. The van der Waals surface area contributed by atoms with E-state index in [4.69, 9.17) is 5.73 Å². The Morgan fingerprint density at radius 2 is 2.00 bits per heavy atom. The molecule has 0 spiro atoms. The number of rotatable bonds is 1. The molecule has 5 heteroatoms. The van der Waals surface area contributed by atoms with Gasteiger partial charge in [-0.15, -0.1) is 10.2 Å². The third-order valence-electron chi connectivity index (χ3n) is 2.55. The van der Waals surface area contributed by atoms with Gasteiger partial charge in [0.1, 0.15) is 5.01 Å². The summed E-state index contributed by atoms with van der Waals surface area (Å²) in [4.78, 5) is 0. The van der Waals surface area contributed by atoms with Gasteiger partial charge in [0.2, 0.25) is 5.13 Å². The molecule has 2 rings (SSSR count). The van der Waals surface area contributed by atoms with Crippen LogP contribution in [0.15, 0.2) is 0 Å². The highest BCUT2D eigenvalue weighted by Gasteiger charge is 2.32. The first-order chi connectivity index (χ1) is 6.21. The van der Waals surface area contributed by atoms with Gasteiger partial charge >= 0.3 is 0 Å². The van der Waals surface area contributed by atoms with Gasteiger partial charge in [-0.2, -0.15) is 11.8 Å². The number of nitrogens with zero attached hydrogens (tertiary/aromatic N) is 2. The molecule has 1 aliphatic rings. The van der Waals surface area contributed by atoms with Crippen LogP contribution in [0.3, 0.4) is 0 Å². The molecule has 1 aromatic heterocycles. The molecular formula is C8H13N3S2. The number of nitrogens with two attached hydrogens (primary N) is 1. The molecule has 0 saturated carbocycles. The van der Waals surface area contributed by atoms with Crippen molar-refractivity contribution in [3.05, 3.63) is 5.01 Å². The van der Waals surface area contributed by atoms with Crippen molar-refractivity contribution in [1.29, 1.82) is 0 Å². The van der Waals surface area contributed by atoms with E-state index in [-0.39, 0.29) is 5.41 Å². The van der Waals surface area contributed by atoms with Crippen molar-refractivity contribution in [3.63, 3.8) is 0 Å². The van der Waals surface area contributed by atoms with E-state index >= 15 is 0 Å². The predicted molar refractivity (Wildman–Crippen MR) is 58.2 cm³/mol. The van der Waals surface area contributed by atoms with E-state index in [2.05, 4.69) is 17.1 Å². The fourth-order valence-corrected chi connectivity index (χ4v) is 3.72. The van der Waals surface area contributed by atoms with Gasteiger partial charge in [0.25, 0.3) is 0 Å². The van der Waals surface area contributed by atoms with Crippen molar-refractivity contribution in [2.45, 2.75) is 25.2 Å². The van der Waals surface area contributed by atoms with Crippen LogP contribution in [-0.2, 0) is 5.41 Å². The molecule has 0 aliphatic carbocycles. The largest absolute Gasteiger partial charge is 0.374 e. The van der Waals surface area contributed by atoms with E-state index in [1.165, 1.54) is 35.7 Å². The molecular weight excluding hydrogens is 202 g/mol. The van der Waals surface area contributed by atoms with Gasteiger partial charge in [-0.25, -0.2) is 0 Å². The summed E-state index contributed by atoms with van der Waals surface area (Å²) in [5, 5.41) is 9.73. The van der Waals surface area contributed by atoms with E-state index in [1.807, 2.05) is 11.8 Å². The third-order valence-corrected chi connectivity index (χ3v) is 4.60. The summed E-state index contributed by atoms with van der Waals surface area (Å²) in [6.07, 6.45) is 2.40. The van der Waals surface area contributed by atoms with E-state index in [0.717, 1.165) is 5.01 Å². The summed E-state index contributed by atoms with van der Waals surface area (Å²) in [6.45, 7) is 2.27. The van der Waals surface area contributed by atoms with E-state index < -0.39 is 0 Å². The summed E-state index contributed by atoms with van der Waals surface area (Å²) in [6, 6.07) is 0. The lowest BCUT2D eigenvalue weighted by Crippen LogP contribution is -2.27. The van der Waals surface area contributed by atoms with Gasteiger partial charge < -0.3 is 5.73 Å². The van der Waals surface area contributed by atoms with Gasteiger partial charge in [0.05, 0.1) is 0 Å². The molecule has 72 valence electrons. The summed E-state index contributed by atoms with van der Waals surface area (Å²) < 4.78 is 0. The van der Waals surface area contributed by atoms with E-state index in [1.54, 1.807) is 0 Å². The standard InChI is InChI=1S/C8H13N3S2/c1-8(2-4-12-5-3-8)6-10-11-7(9)13-6/h2-5H2,1H3,(H2,9,11). The highest BCUT2D eigenvalue weighted by molar-refractivity contribution is 7.99. The highest BCUT2D eigenvalue weighted by atomic mass is 32.2. The van der Waals surface area contributed by atoms with Gasteiger partial charge in [-0.05, 0) is 24.3 Å². The van der Waals surface area contributed by atoms with Crippen LogP contribution in [0, 0.1) is 0 Å². The fourth-order valence-electron chi connectivity index (χ4n) is 1.51. The quantitative estimate of drug-likeness (QED) is 0.777. The first kappa shape index (κ1) is 9.27. The van der Waals surface area contributed by atoms with Crippen molar-refractivity contribution >= 4 is 28.2 Å². The van der Waals surface area contributed by atoms with E-state index in [9.17, 15) is 0 Å². The van der Waals surface area contributed by atoms with Gasteiger partial charge in [0, 0.05) is 5.41 Å². The van der Waals surface area contributed by atoms with Crippen molar-refractivity contribution in [1.82, 2.24) is 10.2 Å². The summed E-state index contributed by atoms with van der Waals surface area (Å²) in [5.41, 5.74) is 5.82. The normalized spacial score (nSPS) is 21.6. The zero-order chi connectivity index (χ0) is 9.31. The van der Waals surface area contributed by atoms with Crippen LogP contribution < -0.4 is 5.73 Å². The minimum absolute atomic E-state index is 0.237. The van der Waals surface area contributed by atoms with Crippen LogP contribution >= 0.6 is 23.1 Å². The maximum atomic E-state index is 5.58. The Bertz CT molecular complexity index is 291. The topological polar surface area (TPSA) is 51.8 Å². The smallest absolute Gasteiger partial charge is 0.203 e. The molecule has 1 aliphatic heterocycles. The van der Waals surface area contributed by atoms with Crippen LogP contribution in [-0.4, -0.2) is 21.7 Å². The van der Waals surface area contributed by atoms with E-state index in [0.29, 0.717) is 5.13 Å². The molecule has 0 bridgehead atoms. The lowest BCUT2D eigenvalue weighted by atomic mass is 9.85. The molecule has 0 radical (unpaired) electrons. The van der Waals surface area contributed by atoms with Crippen LogP contribution in [0.4, 0.5) is 5.13 Å². The molecule has 13 heavy (non-hydrogen) atoms. The average molecular weight is 215 g/mol. The number of aromatic nitrogens is 2. The Balaban J connectivity index is 2.22. The van der Waals surface area contributed by atoms with Crippen LogP contribution in [0.1, 0.15) is 24.8 Å². The monoisotopic (exact) mass is 215 g/mol. The maximum absolute atomic E-state index is 5.58. The molecule has 1 fully saturated rings. The number of thioether (sulfide) groups is 1. The molecule has 1 saturated heterocycles. The Kier molecular flexibility index (Phi) is 2.47. The minimum atomic E-state index is 0.237. The Labute approximate surface area is 86.1 Å².